The Morgan fingerprint density at radius 1 is 0.309 bits per heavy atom. The second-order valence-electron chi connectivity index (χ2n) is 14.0. The quantitative estimate of drug-likeness (QED) is 0.168. The smallest absolute Gasteiger partial charge is 0.160 e. The number of nitrogens with zero attached hydrogens (tertiary/aromatic N) is 4. The van der Waals surface area contributed by atoms with Gasteiger partial charge in [0.05, 0.1) is 33.5 Å². The van der Waals surface area contributed by atoms with Gasteiger partial charge in [0.25, 0.3) is 0 Å². The lowest BCUT2D eigenvalue weighted by atomic mass is 9.96. The average molecular weight is 701 g/mol. The molecule has 0 saturated heterocycles. The van der Waals surface area contributed by atoms with Crippen molar-refractivity contribution in [1.29, 1.82) is 0 Å². The van der Waals surface area contributed by atoms with E-state index >= 15 is 0 Å². The van der Waals surface area contributed by atoms with Crippen molar-refractivity contribution in [2.45, 2.75) is 0 Å². The number of hydrogen-bond donors (Lipinski definition) is 0. The molecule has 256 valence electrons. The summed E-state index contributed by atoms with van der Waals surface area (Å²) < 4.78 is 2.40. The lowest BCUT2D eigenvalue weighted by Crippen LogP contribution is -1.97. The summed E-state index contributed by atoms with van der Waals surface area (Å²) in [6.07, 6.45) is 0. The minimum Gasteiger partial charge on any atom is -0.309 e. The Morgan fingerprint density at radius 2 is 0.836 bits per heavy atom. The topological polar surface area (TPSA) is 43.6 Å². The molecule has 4 nitrogen and oxygen atoms in total. The molecule has 0 aliphatic heterocycles. The van der Waals surface area contributed by atoms with Gasteiger partial charge in [0.1, 0.15) is 0 Å². The van der Waals surface area contributed by atoms with Crippen LogP contribution in [0.2, 0.25) is 0 Å². The first kappa shape index (κ1) is 31.1. The van der Waals surface area contributed by atoms with Crippen LogP contribution in [-0.4, -0.2) is 19.5 Å². The third-order valence-corrected chi connectivity index (χ3v) is 10.8. The number of hydrogen-bond acceptors (Lipinski definition) is 3. The Morgan fingerprint density at radius 3 is 1.58 bits per heavy atom. The van der Waals surface area contributed by atoms with Crippen LogP contribution in [0.3, 0.4) is 0 Å². The Balaban J connectivity index is 1.10. The van der Waals surface area contributed by atoms with Gasteiger partial charge >= 0.3 is 0 Å². The molecule has 3 heterocycles. The zero-order valence-corrected chi connectivity index (χ0v) is 29.8. The van der Waals surface area contributed by atoms with E-state index in [0.717, 1.165) is 66.5 Å². The summed E-state index contributed by atoms with van der Waals surface area (Å²) in [5.41, 5.74) is 12.6. The molecule has 0 radical (unpaired) electrons. The van der Waals surface area contributed by atoms with Crippen molar-refractivity contribution in [1.82, 2.24) is 19.5 Å². The first-order chi connectivity index (χ1) is 27.3. The van der Waals surface area contributed by atoms with Gasteiger partial charge in [-0.05, 0) is 46.8 Å². The monoisotopic (exact) mass is 700 g/mol. The maximum atomic E-state index is 5.41. The summed E-state index contributed by atoms with van der Waals surface area (Å²) in [4.78, 5) is 15.7. The first-order valence-electron chi connectivity index (χ1n) is 18.6. The van der Waals surface area contributed by atoms with Crippen molar-refractivity contribution in [3.8, 4) is 50.7 Å². The molecular weight excluding hydrogens is 669 g/mol. The molecule has 0 fully saturated rings. The molecule has 0 saturated carbocycles. The zero-order chi connectivity index (χ0) is 36.3. The molecule has 11 rings (SSSR count). The lowest BCUT2D eigenvalue weighted by molar-refractivity contribution is 1.19. The zero-order valence-electron chi connectivity index (χ0n) is 29.8. The first-order valence-corrected chi connectivity index (χ1v) is 18.6. The highest BCUT2D eigenvalue weighted by molar-refractivity contribution is 6.25. The normalized spacial score (nSPS) is 11.6. The van der Waals surface area contributed by atoms with Gasteiger partial charge in [0, 0.05) is 49.3 Å². The molecule has 3 aromatic heterocycles. The number of aromatic nitrogens is 4. The van der Waals surface area contributed by atoms with Gasteiger partial charge in [-0.1, -0.05) is 164 Å². The van der Waals surface area contributed by atoms with E-state index in [0.29, 0.717) is 5.82 Å². The van der Waals surface area contributed by atoms with Crippen LogP contribution in [0.4, 0.5) is 0 Å². The van der Waals surface area contributed by atoms with Crippen molar-refractivity contribution in [2.24, 2.45) is 0 Å². The van der Waals surface area contributed by atoms with E-state index in [9.17, 15) is 0 Å². The minimum absolute atomic E-state index is 0.690. The predicted octanol–water partition coefficient (Wildman–Crippen LogP) is 13.1. The van der Waals surface area contributed by atoms with Gasteiger partial charge in [0.15, 0.2) is 5.82 Å². The van der Waals surface area contributed by atoms with E-state index < -0.39 is 0 Å². The number of fused-ring (bicyclic) bond motifs is 8. The van der Waals surface area contributed by atoms with Crippen LogP contribution in [0.5, 0.6) is 0 Å². The summed E-state index contributed by atoms with van der Waals surface area (Å²) in [5, 5.41) is 6.90. The molecule has 55 heavy (non-hydrogen) atoms. The maximum Gasteiger partial charge on any atom is 0.160 e. The fraction of sp³-hybridized carbons (Fsp3) is 0. The molecule has 0 unspecified atom stereocenters. The second kappa shape index (κ2) is 12.6. The van der Waals surface area contributed by atoms with Crippen LogP contribution in [0.25, 0.3) is 105 Å². The SMILES string of the molecule is c1ccc(-c2ccc(-c3nc(-c4ccc(-c5nc6ccccc6c6ccc7c8ccccc8n(-c8ccccc8)c7c56)cc4)nc4ccccc34)cc2)cc1. The molecule has 0 amide bonds. The summed E-state index contributed by atoms with van der Waals surface area (Å²) in [6.45, 7) is 0. The van der Waals surface area contributed by atoms with E-state index in [1.165, 1.54) is 32.8 Å². The minimum atomic E-state index is 0.690. The standard InChI is InChI=1S/C51H32N4/c1-3-13-33(14-4-1)34-23-25-35(26-24-34)48-43-19-8-11-21-45(43)53-51(54-48)37-29-27-36(28-30-37)49-47-41(39-17-7-10-20-44(39)52-49)31-32-42-40-18-9-12-22-46(40)55(50(42)47)38-15-5-2-6-16-38/h1-32H. The Kier molecular flexibility index (Phi) is 7.14. The van der Waals surface area contributed by atoms with E-state index in [-0.39, 0.29) is 0 Å². The van der Waals surface area contributed by atoms with E-state index in [1.54, 1.807) is 0 Å². The Labute approximate surface area is 317 Å². The highest BCUT2D eigenvalue weighted by Crippen LogP contribution is 2.42. The predicted molar refractivity (Wildman–Crippen MR) is 228 cm³/mol. The summed E-state index contributed by atoms with van der Waals surface area (Å²) in [7, 11) is 0. The molecule has 0 atom stereocenters. The third kappa shape index (κ3) is 5.11. The maximum absolute atomic E-state index is 5.41. The highest BCUT2D eigenvalue weighted by atomic mass is 15.0. The molecule has 0 bridgehead atoms. The van der Waals surface area contributed by atoms with Crippen LogP contribution >= 0.6 is 0 Å². The number of benzene rings is 8. The molecule has 11 aromatic rings. The molecule has 8 aromatic carbocycles. The van der Waals surface area contributed by atoms with Crippen LogP contribution in [0.15, 0.2) is 194 Å². The molecule has 4 heteroatoms. The highest BCUT2D eigenvalue weighted by Gasteiger charge is 2.20. The van der Waals surface area contributed by atoms with Gasteiger partial charge < -0.3 is 4.57 Å². The van der Waals surface area contributed by atoms with Gasteiger partial charge in [0.2, 0.25) is 0 Å². The van der Waals surface area contributed by atoms with E-state index in [4.69, 9.17) is 15.0 Å². The van der Waals surface area contributed by atoms with Crippen molar-refractivity contribution < 1.29 is 0 Å². The van der Waals surface area contributed by atoms with Crippen molar-refractivity contribution in [3.63, 3.8) is 0 Å². The molecular formula is C51H32N4. The summed E-state index contributed by atoms with van der Waals surface area (Å²) in [6, 6.07) is 68.4. The number of pyridine rings is 1. The van der Waals surface area contributed by atoms with E-state index in [1.807, 2.05) is 12.1 Å². The Bertz CT molecular complexity index is 3220. The molecule has 0 spiro atoms. The fourth-order valence-electron chi connectivity index (χ4n) is 8.21. The average Bonchev–Trinajstić information content (AvgIpc) is 3.61. The van der Waals surface area contributed by atoms with Gasteiger partial charge in [-0.3, -0.25) is 0 Å². The summed E-state index contributed by atoms with van der Waals surface area (Å²) in [5.74, 6) is 0.690. The van der Waals surface area contributed by atoms with Crippen LogP contribution in [0.1, 0.15) is 0 Å². The second-order valence-corrected chi connectivity index (χ2v) is 14.0. The fourth-order valence-corrected chi connectivity index (χ4v) is 8.21. The molecule has 0 aliphatic rings. The Hall–Kier alpha value is -7.43. The van der Waals surface area contributed by atoms with Crippen molar-refractivity contribution in [3.05, 3.63) is 194 Å². The summed E-state index contributed by atoms with van der Waals surface area (Å²) >= 11 is 0. The van der Waals surface area contributed by atoms with Crippen LogP contribution < -0.4 is 0 Å². The van der Waals surface area contributed by atoms with Gasteiger partial charge in [-0.2, -0.15) is 0 Å². The third-order valence-electron chi connectivity index (χ3n) is 10.8. The van der Waals surface area contributed by atoms with Crippen LogP contribution in [-0.2, 0) is 0 Å². The number of rotatable bonds is 5. The molecule has 0 N–H and O–H groups in total. The van der Waals surface area contributed by atoms with Gasteiger partial charge in [-0.25, -0.2) is 15.0 Å². The largest absolute Gasteiger partial charge is 0.309 e. The van der Waals surface area contributed by atoms with Crippen molar-refractivity contribution in [2.75, 3.05) is 0 Å². The van der Waals surface area contributed by atoms with E-state index in [2.05, 4.69) is 187 Å². The lowest BCUT2D eigenvalue weighted by Gasteiger charge is -2.15. The number of para-hydroxylation sites is 4. The van der Waals surface area contributed by atoms with Gasteiger partial charge in [-0.15, -0.1) is 0 Å². The van der Waals surface area contributed by atoms with Crippen LogP contribution in [0, 0.1) is 0 Å². The molecule has 0 aliphatic carbocycles. The van der Waals surface area contributed by atoms with Crippen molar-refractivity contribution >= 4 is 54.4 Å².